The van der Waals surface area contributed by atoms with Gasteiger partial charge in [-0.2, -0.15) is 0 Å². The van der Waals surface area contributed by atoms with Crippen LogP contribution in [0.25, 0.3) is 0 Å². The normalized spacial score (nSPS) is 9.93. The van der Waals surface area contributed by atoms with Gasteiger partial charge in [0.15, 0.2) is 0 Å². The van der Waals surface area contributed by atoms with Crippen LogP contribution in [0.4, 0.5) is 0 Å². The van der Waals surface area contributed by atoms with E-state index in [0.29, 0.717) is 18.0 Å². The molecule has 1 rings (SSSR count). The van der Waals surface area contributed by atoms with Crippen molar-refractivity contribution in [2.75, 3.05) is 6.61 Å². The lowest BCUT2D eigenvalue weighted by molar-refractivity contribution is 0.279. The van der Waals surface area contributed by atoms with Crippen molar-refractivity contribution in [3.63, 3.8) is 0 Å². The second-order valence-electron chi connectivity index (χ2n) is 3.22. The zero-order chi connectivity index (χ0) is 11.1. The molecule has 0 aliphatic rings. The molecular weight excluding hydrogens is 210 g/mol. The Morgan fingerprint density at radius 2 is 2.27 bits per heavy atom. The van der Waals surface area contributed by atoms with E-state index in [2.05, 4.69) is 0 Å². The number of aliphatic hydroxyl groups is 1. The molecule has 0 spiro atoms. The van der Waals surface area contributed by atoms with E-state index in [1.165, 1.54) is 0 Å². The van der Waals surface area contributed by atoms with Crippen molar-refractivity contribution in [1.29, 1.82) is 0 Å². The summed E-state index contributed by atoms with van der Waals surface area (Å²) in [5.74, 6) is 0.768. The molecule has 3 N–H and O–H groups in total. The first kappa shape index (κ1) is 11.9. The van der Waals surface area contributed by atoms with Crippen molar-refractivity contribution in [2.45, 2.75) is 19.4 Å². The van der Waals surface area contributed by atoms with Gasteiger partial charge in [-0.05, 0) is 24.1 Å². The smallest absolute Gasteiger partial charge is 0.119 e. The van der Waals surface area contributed by atoms with Gasteiger partial charge in [0.05, 0.1) is 18.2 Å². The number of hydrogen-bond donors (Lipinski definition) is 2. The minimum atomic E-state index is 0.0318. The van der Waals surface area contributed by atoms with Crippen LogP contribution in [0, 0.1) is 0 Å². The molecule has 0 aromatic heterocycles. The van der Waals surface area contributed by atoms with E-state index in [4.69, 9.17) is 27.8 Å². The van der Waals surface area contributed by atoms with E-state index in [9.17, 15) is 0 Å². The maximum absolute atomic E-state index is 8.92. The minimum Gasteiger partial charge on any atom is -0.494 e. The number of thiocarbonyl (C=S) groups is 1. The highest BCUT2D eigenvalue weighted by Crippen LogP contribution is 2.13. The summed E-state index contributed by atoms with van der Waals surface area (Å²) in [6.45, 7) is 0.621. The van der Waals surface area contributed by atoms with Crippen molar-refractivity contribution < 1.29 is 9.84 Å². The Labute approximate surface area is 94.9 Å². The fraction of sp³-hybridized carbons (Fsp3) is 0.364. The summed E-state index contributed by atoms with van der Waals surface area (Å²) in [5, 5.41) is 8.92. The fourth-order valence-corrected chi connectivity index (χ4v) is 1.31. The largest absolute Gasteiger partial charge is 0.494 e. The Kier molecular flexibility index (Phi) is 5.07. The number of nitrogens with two attached hydrogens (primary N) is 1. The molecule has 0 aliphatic heterocycles. The first-order chi connectivity index (χ1) is 7.22. The number of rotatable bonds is 6. The number of hydrogen-bond acceptors (Lipinski definition) is 3. The monoisotopic (exact) mass is 225 g/mol. The summed E-state index contributed by atoms with van der Waals surface area (Å²) in [6.07, 6.45) is 1.52. The maximum atomic E-state index is 8.92. The molecule has 1 aromatic rings. The van der Waals surface area contributed by atoms with E-state index in [-0.39, 0.29) is 6.61 Å². The van der Waals surface area contributed by atoms with E-state index in [1.807, 2.05) is 24.3 Å². The Morgan fingerprint density at radius 3 is 2.93 bits per heavy atom. The summed E-state index contributed by atoms with van der Waals surface area (Å²) in [7, 11) is 0. The highest BCUT2D eigenvalue weighted by molar-refractivity contribution is 7.80. The predicted octanol–water partition coefficient (Wildman–Crippen LogP) is 1.62. The van der Waals surface area contributed by atoms with Gasteiger partial charge < -0.3 is 15.6 Å². The van der Waals surface area contributed by atoms with Crippen molar-refractivity contribution >= 4 is 17.2 Å². The lowest BCUT2D eigenvalue weighted by atomic mass is 10.2. The minimum absolute atomic E-state index is 0.0318. The first-order valence-electron chi connectivity index (χ1n) is 4.83. The molecule has 4 heteroatoms. The van der Waals surface area contributed by atoms with Gasteiger partial charge in [0, 0.05) is 6.42 Å². The van der Waals surface area contributed by atoms with Gasteiger partial charge in [0.1, 0.15) is 5.75 Å². The molecular formula is C11H15NO2S. The van der Waals surface area contributed by atoms with Crippen LogP contribution in [-0.4, -0.2) is 16.7 Å². The molecule has 0 atom stereocenters. The average Bonchev–Trinajstić information content (AvgIpc) is 2.24. The molecule has 0 radical (unpaired) electrons. The molecule has 1 aromatic carbocycles. The second kappa shape index (κ2) is 6.37. The Bertz CT molecular complexity index is 328. The van der Waals surface area contributed by atoms with Crippen molar-refractivity contribution in [3.8, 4) is 5.75 Å². The van der Waals surface area contributed by atoms with Crippen LogP contribution in [0.2, 0.25) is 0 Å². The molecule has 0 fully saturated rings. The first-order valence-corrected chi connectivity index (χ1v) is 5.24. The lowest BCUT2D eigenvalue weighted by Crippen LogP contribution is -2.09. The van der Waals surface area contributed by atoms with Gasteiger partial charge in [-0.25, -0.2) is 0 Å². The summed E-state index contributed by atoms with van der Waals surface area (Å²) >= 11 is 4.75. The van der Waals surface area contributed by atoms with Crippen LogP contribution >= 0.6 is 12.2 Å². The topological polar surface area (TPSA) is 55.5 Å². The van der Waals surface area contributed by atoms with Crippen LogP contribution in [0.15, 0.2) is 24.3 Å². The Balaban J connectivity index is 2.33. The Morgan fingerprint density at radius 1 is 1.47 bits per heavy atom. The highest BCUT2D eigenvalue weighted by Gasteiger charge is 1.96. The fourth-order valence-electron chi connectivity index (χ4n) is 1.17. The molecule has 0 saturated carbocycles. The van der Waals surface area contributed by atoms with Crippen LogP contribution in [0.3, 0.4) is 0 Å². The highest BCUT2D eigenvalue weighted by atomic mass is 32.1. The molecule has 82 valence electrons. The second-order valence-corrected chi connectivity index (χ2v) is 3.75. The molecule has 0 aliphatic carbocycles. The molecule has 0 saturated heterocycles. The lowest BCUT2D eigenvalue weighted by Gasteiger charge is -2.06. The van der Waals surface area contributed by atoms with E-state index >= 15 is 0 Å². The maximum Gasteiger partial charge on any atom is 0.119 e. The van der Waals surface area contributed by atoms with Crippen molar-refractivity contribution in [1.82, 2.24) is 0 Å². The molecule has 0 heterocycles. The number of benzene rings is 1. The van der Waals surface area contributed by atoms with Gasteiger partial charge in [0.2, 0.25) is 0 Å². The zero-order valence-corrected chi connectivity index (χ0v) is 9.30. The summed E-state index contributed by atoms with van der Waals surface area (Å²) < 4.78 is 5.47. The number of ether oxygens (including phenoxy) is 1. The predicted molar refractivity (Wildman–Crippen MR) is 63.9 cm³/mol. The van der Waals surface area contributed by atoms with Crippen LogP contribution < -0.4 is 10.5 Å². The molecule has 15 heavy (non-hydrogen) atoms. The zero-order valence-electron chi connectivity index (χ0n) is 8.48. The van der Waals surface area contributed by atoms with Gasteiger partial charge in [0.25, 0.3) is 0 Å². The van der Waals surface area contributed by atoms with E-state index in [0.717, 1.165) is 17.7 Å². The average molecular weight is 225 g/mol. The third-order valence-electron chi connectivity index (χ3n) is 1.92. The SMILES string of the molecule is NC(=S)CCCOc1cccc(CO)c1. The molecule has 0 bridgehead atoms. The van der Waals surface area contributed by atoms with Crippen molar-refractivity contribution in [2.24, 2.45) is 5.73 Å². The van der Waals surface area contributed by atoms with E-state index < -0.39 is 0 Å². The van der Waals surface area contributed by atoms with Crippen LogP contribution in [-0.2, 0) is 6.61 Å². The van der Waals surface area contributed by atoms with Gasteiger partial charge in [-0.3, -0.25) is 0 Å². The third-order valence-corrected chi connectivity index (χ3v) is 2.12. The van der Waals surface area contributed by atoms with Crippen LogP contribution in [0.5, 0.6) is 5.75 Å². The van der Waals surface area contributed by atoms with Crippen LogP contribution in [0.1, 0.15) is 18.4 Å². The van der Waals surface area contributed by atoms with E-state index in [1.54, 1.807) is 0 Å². The molecule has 3 nitrogen and oxygen atoms in total. The van der Waals surface area contributed by atoms with Gasteiger partial charge in [-0.15, -0.1) is 0 Å². The van der Waals surface area contributed by atoms with Crippen molar-refractivity contribution in [3.05, 3.63) is 29.8 Å². The summed E-state index contributed by atoms with van der Waals surface area (Å²) in [5.41, 5.74) is 6.21. The summed E-state index contributed by atoms with van der Waals surface area (Å²) in [6, 6.07) is 7.39. The molecule has 0 amide bonds. The van der Waals surface area contributed by atoms with Gasteiger partial charge in [-0.1, -0.05) is 24.4 Å². The third kappa shape index (κ3) is 4.76. The standard InChI is InChI=1S/C11H15NO2S/c12-11(15)5-2-6-14-10-4-1-3-9(7-10)8-13/h1,3-4,7,13H,2,5-6,8H2,(H2,12,15). The Hall–Kier alpha value is -1.13. The number of aliphatic hydroxyl groups excluding tert-OH is 1. The summed E-state index contributed by atoms with van der Waals surface area (Å²) in [4.78, 5) is 0.516. The quantitative estimate of drug-likeness (QED) is 0.570. The molecule has 0 unspecified atom stereocenters. The van der Waals surface area contributed by atoms with Gasteiger partial charge >= 0.3 is 0 Å².